The zero-order valence-corrected chi connectivity index (χ0v) is 12.4. The SMILES string of the molecule is O=C(O)CC1CN(C(=O)c2ncoc2-c2cccs2)CCO1. The number of carbonyl (C=O) groups is 2. The molecule has 0 spiro atoms. The van der Waals surface area contributed by atoms with E-state index < -0.39 is 12.1 Å². The van der Waals surface area contributed by atoms with Crippen molar-refractivity contribution in [2.45, 2.75) is 12.5 Å². The quantitative estimate of drug-likeness (QED) is 0.921. The monoisotopic (exact) mass is 322 g/mol. The van der Waals surface area contributed by atoms with Crippen molar-refractivity contribution in [2.75, 3.05) is 19.7 Å². The van der Waals surface area contributed by atoms with Crippen LogP contribution < -0.4 is 0 Å². The molecule has 3 heterocycles. The van der Waals surface area contributed by atoms with Crippen molar-refractivity contribution in [2.24, 2.45) is 0 Å². The molecule has 1 fully saturated rings. The van der Waals surface area contributed by atoms with E-state index in [1.165, 1.54) is 17.7 Å². The number of aliphatic carboxylic acids is 1. The van der Waals surface area contributed by atoms with E-state index in [0.29, 0.717) is 18.9 Å². The highest BCUT2D eigenvalue weighted by molar-refractivity contribution is 7.13. The first-order chi connectivity index (χ1) is 10.6. The van der Waals surface area contributed by atoms with Crippen molar-refractivity contribution in [3.8, 4) is 10.6 Å². The van der Waals surface area contributed by atoms with Gasteiger partial charge in [-0.1, -0.05) is 6.07 Å². The summed E-state index contributed by atoms with van der Waals surface area (Å²) in [6, 6.07) is 3.73. The van der Waals surface area contributed by atoms with Gasteiger partial charge in [0.2, 0.25) is 0 Å². The summed E-state index contributed by atoms with van der Waals surface area (Å²) in [7, 11) is 0. The van der Waals surface area contributed by atoms with Gasteiger partial charge in [0, 0.05) is 13.1 Å². The van der Waals surface area contributed by atoms with Crippen molar-refractivity contribution in [3.63, 3.8) is 0 Å². The van der Waals surface area contributed by atoms with Gasteiger partial charge in [-0.15, -0.1) is 11.3 Å². The largest absolute Gasteiger partial charge is 0.481 e. The second-order valence-electron chi connectivity index (χ2n) is 4.85. The van der Waals surface area contributed by atoms with Crippen LogP contribution in [-0.2, 0) is 9.53 Å². The smallest absolute Gasteiger partial charge is 0.306 e. The Morgan fingerprint density at radius 1 is 1.50 bits per heavy atom. The summed E-state index contributed by atoms with van der Waals surface area (Å²) < 4.78 is 10.7. The fourth-order valence-electron chi connectivity index (χ4n) is 2.35. The number of aromatic nitrogens is 1. The number of carbonyl (C=O) groups excluding carboxylic acids is 1. The minimum atomic E-state index is -0.944. The van der Waals surface area contributed by atoms with Crippen molar-refractivity contribution < 1.29 is 23.8 Å². The molecule has 2 aromatic heterocycles. The summed E-state index contributed by atoms with van der Waals surface area (Å²) in [4.78, 5) is 29.8. The number of oxazole rings is 1. The molecule has 0 radical (unpaired) electrons. The maximum atomic E-state index is 12.6. The van der Waals surface area contributed by atoms with Gasteiger partial charge in [-0.2, -0.15) is 0 Å². The van der Waals surface area contributed by atoms with Crippen molar-refractivity contribution in [1.82, 2.24) is 9.88 Å². The van der Waals surface area contributed by atoms with E-state index in [2.05, 4.69) is 4.98 Å². The molecule has 1 unspecified atom stereocenters. The molecule has 8 heteroatoms. The van der Waals surface area contributed by atoms with E-state index in [1.54, 1.807) is 4.90 Å². The zero-order valence-electron chi connectivity index (χ0n) is 11.6. The number of hydrogen-bond donors (Lipinski definition) is 1. The Hall–Kier alpha value is -2.19. The number of rotatable bonds is 4. The van der Waals surface area contributed by atoms with Crippen LogP contribution in [0, 0.1) is 0 Å². The molecule has 2 aromatic rings. The Morgan fingerprint density at radius 2 is 2.36 bits per heavy atom. The number of thiophene rings is 1. The number of morpholine rings is 1. The highest BCUT2D eigenvalue weighted by Crippen LogP contribution is 2.28. The Labute approximate surface area is 130 Å². The van der Waals surface area contributed by atoms with E-state index in [-0.39, 0.29) is 24.6 Å². The van der Waals surface area contributed by atoms with Crippen LogP contribution in [0.2, 0.25) is 0 Å². The van der Waals surface area contributed by atoms with Gasteiger partial charge in [0.1, 0.15) is 0 Å². The number of nitrogens with zero attached hydrogens (tertiary/aromatic N) is 2. The van der Waals surface area contributed by atoms with E-state index >= 15 is 0 Å². The van der Waals surface area contributed by atoms with E-state index in [9.17, 15) is 9.59 Å². The van der Waals surface area contributed by atoms with E-state index in [4.69, 9.17) is 14.3 Å². The topological polar surface area (TPSA) is 92.9 Å². The zero-order chi connectivity index (χ0) is 15.5. The summed E-state index contributed by atoms with van der Waals surface area (Å²) in [5.41, 5.74) is 0.249. The van der Waals surface area contributed by atoms with Crippen LogP contribution in [-0.4, -0.2) is 52.7 Å². The lowest BCUT2D eigenvalue weighted by atomic mass is 10.2. The molecule has 7 nitrogen and oxygen atoms in total. The van der Waals surface area contributed by atoms with Gasteiger partial charge in [0.15, 0.2) is 17.8 Å². The molecule has 0 saturated carbocycles. The van der Waals surface area contributed by atoms with Crippen LogP contribution >= 0.6 is 11.3 Å². The lowest BCUT2D eigenvalue weighted by Gasteiger charge is -2.31. The predicted molar refractivity (Wildman–Crippen MR) is 77.7 cm³/mol. The summed E-state index contributed by atoms with van der Waals surface area (Å²) in [5.74, 6) is -0.767. The van der Waals surface area contributed by atoms with Gasteiger partial charge >= 0.3 is 5.97 Å². The summed E-state index contributed by atoms with van der Waals surface area (Å²) in [5, 5.41) is 10.7. The lowest BCUT2D eigenvalue weighted by Crippen LogP contribution is -2.46. The Bertz CT molecular complexity index is 667. The maximum Gasteiger partial charge on any atom is 0.306 e. The molecule has 0 aromatic carbocycles. The molecule has 1 N–H and O–H groups in total. The first kappa shape index (κ1) is 14.7. The van der Waals surface area contributed by atoms with Gasteiger partial charge in [-0.05, 0) is 11.4 Å². The average Bonchev–Trinajstić information content (AvgIpc) is 3.16. The minimum absolute atomic E-state index is 0.125. The fraction of sp³-hybridized carbons (Fsp3) is 0.357. The molecule has 1 aliphatic rings. The van der Waals surface area contributed by atoms with Crippen LogP contribution in [0.25, 0.3) is 10.6 Å². The summed E-state index contributed by atoms with van der Waals surface area (Å²) >= 11 is 1.46. The highest BCUT2D eigenvalue weighted by atomic mass is 32.1. The Morgan fingerprint density at radius 3 is 3.09 bits per heavy atom. The minimum Gasteiger partial charge on any atom is -0.481 e. The molecule has 0 aliphatic carbocycles. The number of amides is 1. The van der Waals surface area contributed by atoms with Crippen molar-refractivity contribution >= 4 is 23.2 Å². The fourth-order valence-corrected chi connectivity index (χ4v) is 3.07. The standard InChI is InChI=1S/C14H14N2O5S/c17-11(18)6-9-7-16(3-4-20-9)14(19)12-13(21-8-15-12)10-2-1-5-22-10/h1-2,5,8-9H,3-4,6-7H2,(H,17,18). The van der Waals surface area contributed by atoms with Crippen LogP contribution in [0.5, 0.6) is 0 Å². The normalized spacial score (nSPS) is 18.4. The molecular formula is C14H14N2O5S. The predicted octanol–water partition coefficient (Wildman–Crippen LogP) is 1.72. The Kier molecular flexibility index (Phi) is 4.21. The molecule has 3 rings (SSSR count). The first-order valence-corrected chi connectivity index (χ1v) is 7.63. The van der Waals surface area contributed by atoms with Crippen LogP contribution in [0.4, 0.5) is 0 Å². The lowest BCUT2D eigenvalue weighted by molar-refractivity contribution is -0.141. The van der Waals surface area contributed by atoms with Gasteiger partial charge in [-0.25, -0.2) is 4.98 Å². The summed E-state index contributed by atoms with van der Waals surface area (Å²) in [6.07, 6.45) is 0.630. The molecule has 1 atom stereocenters. The molecular weight excluding hydrogens is 308 g/mol. The van der Waals surface area contributed by atoms with E-state index in [1.807, 2.05) is 17.5 Å². The van der Waals surface area contributed by atoms with E-state index in [0.717, 1.165) is 4.88 Å². The number of carboxylic acids is 1. The number of ether oxygens (including phenoxy) is 1. The third kappa shape index (κ3) is 3.02. The third-order valence-electron chi connectivity index (χ3n) is 3.34. The van der Waals surface area contributed by atoms with Crippen molar-refractivity contribution in [3.05, 3.63) is 29.6 Å². The number of hydrogen-bond acceptors (Lipinski definition) is 6. The van der Waals surface area contributed by atoms with Crippen LogP contribution in [0.3, 0.4) is 0 Å². The second kappa shape index (κ2) is 6.29. The van der Waals surface area contributed by atoms with Gasteiger partial charge in [0.25, 0.3) is 5.91 Å². The number of carboxylic acid groups (broad SMARTS) is 1. The maximum absolute atomic E-state index is 12.6. The molecule has 1 aliphatic heterocycles. The van der Waals surface area contributed by atoms with Gasteiger partial charge in [-0.3, -0.25) is 9.59 Å². The molecule has 0 bridgehead atoms. The first-order valence-electron chi connectivity index (χ1n) is 6.75. The van der Waals surface area contributed by atoms with Gasteiger partial charge < -0.3 is 19.2 Å². The highest BCUT2D eigenvalue weighted by Gasteiger charge is 2.30. The van der Waals surface area contributed by atoms with Crippen LogP contribution in [0.1, 0.15) is 16.9 Å². The van der Waals surface area contributed by atoms with Crippen molar-refractivity contribution in [1.29, 1.82) is 0 Å². The Balaban J connectivity index is 1.77. The molecule has 22 heavy (non-hydrogen) atoms. The molecule has 1 amide bonds. The average molecular weight is 322 g/mol. The van der Waals surface area contributed by atoms with Gasteiger partial charge in [0.05, 0.1) is 24.0 Å². The molecule has 1 saturated heterocycles. The summed E-state index contributed by atoms with van der Waals surface area (Å²) in [6.45, 7) is 0.962. The second-order valence-corrected chi connectivity index (χ2v) is 5.80. The third-order valence-corrected chi connectivity index (χ3v) is 4.21. The van der Waals surface area contributed by atoms with Crippen LogP contribution in [0.15, 0.2) is 28.3 Å². The molecule has 116 valence electrons.